The highest BCUT2D eigenvalue weighted by molar-refractivity contribution is 6.30. The number of rotatable bonds is 5. The largest absolute Gasteiger partial charge is 0.380 e. The smallest absolute Gasteiger partial charge is 0.322 e. The van der Waals surface area contributed by atoms with Crippen LogP contribution < -0.4 is 15.5 Å². The number of anilines is 3. The van der Waals surface area contributed by atoms with Crippen LogP contribution in [-0.2, 0) is 14.3 Å². The van der Waals surface area contributed by atoms with E-state index in [4.69, 9.17) is 16.3 Å². The van der Waals surface area contributed by atoms with Gasteiger partial charge in [-0.15, -0.1) is 0 Å². The summed E-state index contributed by atoms with van der Waals surface area (Å²) in [5, 5.41) is 6.26. The van der Waals surface area contributed by atoms with E-state index in [0.717, 1.165) is 12.1 Å². The van der Waals surface area contributed by atoms with E-state index in [1.807, 2.05) is 19.1 Å². The first-order chi connectivity index (χ1) is 15.9. The van der Waals surface area contributed by atoms with E-state index in [1.165, 1.54) is 4.90 Å². The number of likely N-dealkylation sites (tertiary alicyclic amines) is 1. The van der Waals surface area contributed by atoms with Crippen molar-refractivity contribution in [3.05, 3.63) is 53.6 Å². The Labute approximate surface area is 197 Å². The Morgan fingerprint density at radius 1 is 1.03 bits per heavy atom. The summed E-state index contributed by atoms with van der Waals surface area (Å²) in [7, 11) is 1.57. The van der Waals surface area contributed by atoms with Gasteiger partial charge in [0, 0.05) is 54.6 Å². The average molecular weight is 471 g/mol. The fourth-order valence-corrected chi connectivity index (χ4v) is 4.45. The molecule has 4 amide bonds. The van der Waals surface area contributed by atoms with Gasteiger partial charge in [-0.05, 0) is 61.9 Å². The summed E-state index contributed by atoms with van der Waals surface area (Å²) in [6, 6.07) is 13.1. The number of nitrogens with zero attached hydrogens (tertiary/aromatic N) is 2. The van der Waals surface area contributed by atoms with Gasteiger partial charge < -0.3 is 25.2 Å². The molecule has 2 aromatic rings. The fraction of sp³-hybridized carbons (Fsp3) is 0.375. The number of carbonyl (C=O) groups excluding carboxylic acids is 3. The quantitative estimate of drug-likeness (QED) is 0.687. The lowest BCUT2D eigenvalue weighted by molar-refractivity contribution is -0.119. The van der Waals surface area contributed by atoms with Crippen LogP contribution in [-0.4, -0.2) is 54.6 Å². The van der Waals surface area contributed by atoms with Crippen LogP contribution in [0.25, 0.3) is 0 Å². The van der Waals surface area contributed by atoms with Gasteiger partial charge in [0.25, 0.3) is 0 Å². The second-order valence-corrected chi connectivity index (χ2v) is 8.82. The molecule has 0 aliphatic carbocycles. The van der Waals surface area contributed by atoms with Crippen molar-refractivity contribution in [3.63, 3.8) is 0 Å². The minimum Gasteiger partial charge on any atom is -0.380 e. The Balaban J connectivity index is 1.43. The molecule has 4 rings (SSSR count). The second-order valence-electron chi connectivity index (χ2n) is 8.39. The Morgan fingerprint density at radius 3 is 2.27 bits per heavy atom. The lowest BCUT2D eigenvalue weighted by Gasteiger charge is -2.24. The van der Waals surface area contributed by atoms with Crippen molar-refractivity contribution in [1.82, 2.24) is 4.90 Å². The lowest BCUT2D eigenvalue weighted by atomic mass is 10.1. The van der Waals surface area contributed by atoms with Crippen molar-refractivity contribution in [2.75, 3.05) is 29.2 Å². The number of hydrogen-bond acceptors (Lipinski definition) is 4. The molecule has 1 unspecified atom stereocenters. The van der Waals surface area contributed by atoms with Crippen LogP contribution in [0.2, 0.25) is 5.02 Å². The highest BCUT2D eigenvalue weighted by atomic mass is 35.5. The zero-order valence-corrected chi connectivity index (χ0v) is 19.3. The minimum atomic E-state index is -0.679. The number of urea groups is 1. The third-order valence-electron chi connectivity index (χ3n) is 6.15. The molecule has 174 valence electrons. The maximum Gasteiger partial charge on any atom is 0.322 e. The zero-order valence-electron chi connectivity index (χ0n) is 18.6. The van der Waals surface area contributed by atoms with Crippen molar-refractivity contribution in [1.29, 1.82) is 0 Å². The van der Waals surface area contributed by atoms with Crippen molar-refractivity contribution >= 4 is 46.5 Å². The molecular formula is C24H27ClN4O4. The fourth-order valence-electron chi connectivity index (χ4n) is 4.33. The summed E-state index contributed by atoms with van der Waals surface area (Å²) in [5.41, 5.74) is 2.00. The third-order valence-corrected chi connectivity index (χ3v) is 6.41. The van der Waals surface area contributed by atoms with Gasteiger partial charge in [-0.25, -0.2) is 4.79 Å². The molecule has 2 N–H and O–H groups in total. The van der Waals surface area contributed by atoms with E-state index in [1.54, 1.807) is 48.4 Å². The molecule has 8 nitrogen and oxygen atoms in total. The predicted molar refractivity (Wildman–Crippen MR) is 128 cm³/mol. The Kier molecular flexibility index (Phi) is 6.85. The van der Waals surface area contributed by atoms with Gasteiger partial charge in [-0.1, -0.05) is 11.6 Å². The molecule has 0 bridgehead atoms. The molecule has 2 fully saturated rings. The van der Waals surface area contributed by atoms with Crippen LogP contribution >= 0.6 is 11.6 Å². The molecule has 2 aliphatic rings. The molecular weight excluding hydrogens is 444 g/mol. The van der Waals surface area contributed by atoms with Gasteiger partial charge in [0.15, 0.2) is 0 Å². The van der Waals surface area contributed by atoms with Crippen molar-refractivity contribution in [2.45, 2.75) is 44.4 Å². The van der Waals surface area contributed by atoms with Gasteiger partial charge in [-0.2, -0.15) is 0 Å². The van der Waals surface area contributed by atoms with Crippen LogP contribution in [0.5, 0.6) is 0 Å². The number of amides is 4. The minimum absolute atomic E-state index is 0.109. The van der Waals surface area contributed by atoms with E-state index < -0.39 is 6.04 Å². The van der Waals surface area contributed by atoms with Gasteiger partial charge in [-0.3, -0.25) is 9.59 Å². The third kappa shape index (κ3) is 5.12. The van der Waals surface area contributed by atoms with Crippen LogP contribution in [0.4, 0.5) is 21.9 Å². The van der Waals surface area contributed by atoms with E-state index in [0.29, 0.717) is 35.8 Å². The van der Waals surface area contributed by atoms with Crippen LogP contribution in [0.15, 0.2) is 48.5 Å². The molecule has 0 radical (unpaired) electrons. The molecule has 0 spiro atoms. The average Bonchev–Trinajstić information content (AvgIpc) is 3.39. The van der Waals surface area contributed by atoms with E-state index in [-0.39, 0.29) is 30.0 Å². The Bertz CT molecular complexity index is 1030. The first kappa shape index (κ1) is 23.1. The molecule has 9 heteroatoms. The van der Waals surface area contributed by atoms with Crippen LogP contribution in [0, 0.1) is 0 Å². The van der Waals surface area contributed by atoms with Gasteiger partial charge in [0.2, 0.25) is 11.8 Å². The summed E-state index contributed by atoms with van der Waals surface area (Å²) in [4.78, 5) is 41.3. The predicted octanol–water partition coefficient (Wildman–Crippen LogP) is 4.12. The molecule has 2 aromatic carbocycles. The Morgan fingerprint density at radius 2 is 1.67 bits per heavy atom. The molecule has 0 aromatic heterocycles. The monoisotopic (exact) mass is 470 g/mol. The molecule has 33 heavy (non-hydrogen) atoms. The molecule has 2 saturated heterocycles. The number of hydrogen-bond donors (Lipinski definition) is 2. The number of ether oxygens (including phenoxy) is 1. The first-order valence-electron chi connectivity index (χ1n) is 10.9. The van der Waals surface area contributed by atoms with E-state index >= 15 is 0 Å². The molecule has 3 atom stereocenters. The Hall–Kier alpha value is -3.10. The zero-order chi connectivity index (χ0) is 23.5. The summed E-state index contributed by atoms with van der Waals surface area (Å²) in [6.07, 6.45) is 1.55. The highest BCUT2D eigenvalue weighted by Gasteiger charge is 2.40. The number of benzene rings is 2. The summed E-state index contributed by atoms with van der Waals surface area (Å²) < 4.78 is 5.42. The van der Waals surface area contributed by atoms with Gasteiger partial charge >= 0.3 is 6.03 Å². The summed E-state index contributed by atoms with van der Waals surface area (Å²) >= 11 is 5.90. The topological polar surface area (TPSA) is 91.0 Å². The normalized spacial score (nSPS) is 22.5. The van der Waals surface area contributed by atoms with Crippen molar-refractivity contribution in [2.24, 2.45) is 0 Å². The molecule has 2 aliphatic heterocycles. The lowest BCUT2D eigenvalue weighted by Crippen LogP contribution is -2.45. The second kappa shape index (κ2) is 9.80. The standard InChI is InChI=1S/C24H27ClN4O4/c1-15-3-12-22(30)29(15)19-10-8-17(9-11-19)26-23(31)21-13-20(33-2)14-28(21)24(32)27-18-6-4-16(25)5-7-18/h4-11,15,20-21H,3,12-14H2,1-2H3,(H,26,31)(H,27,32)/t15?,20-,21-/m1/s1. The SMILES string of the molecule is CO[C@@H]1C[C@H](C(=O)Nc2ccc(N3C(=O)CCC3C)cc2)N(C(=O)Nc2ccc(Cl)cc2)C1. The van der Waals surface area contributed by atoms with Gasteiger partial charge in [0.05, 0.1) is 6.10 Å². The summed E-state index contributed by atoms with van der Waals surface area (Å²) in [6.45, 7) is 2.33. The number of methoxy groups -OCH3 is 1. The number of carbonyl (C=O) groups is 3. The molecule has 2 heterocycles. The maximum atomic E-state index is 13.1. The van der Waals surface area contributed by atoms with Crippen LogP contribution in [0.1, 0.15) is 26.2 Å². The van der Waals surface area contributed by atoms with E-state index in [9.17, 15) is 14.4 Å². The number of halogens is 1. The summed E-state index contributed by atoms with van der Waals surface area (Å²) in [5.74, 6) is -0.183. The van der Waals surface area contributed by atoms with Gasteiger partial charge in [0.1, 0.15) is 6.04 Å². The first-order valence-corrected chi connectivity index (χ1v) is 11.3. The highest BCUT2D eigenvalue weighted by Crippen LogP contribution is 2.28. The van der Waals surface area contributed by atoms with Crippen molar-refractivity contribution in [3.8, 4) is 0 Å². The van der Waals surface area contributed by atoms with Crippen molar-refractivity contribution < 1.29 is 19.1 Å². The maximum absolute atomic E-state index is 13.1. The molecule has 0 saturated carbocycles. The van der Waals surface area contributed by atoms with E-state index in [2.05, 4.69) is 10.6 Å². The van der Waals surface area contributed by atoms with Crippen LogP contribution in [0.3, 0.4) is 0 Å². The number of nitrogens with one attached hydrogen (secondary N) is 2.